The molecule has 0 amide bonds. The van der Waals surface area contributed by atoms with Crippen molar-refractivity contribution in [2.75, 3.05) is 17.8 Å². The second-order valence-corrected chi connectivity index (χ2v) is 10.8. The largest absolute Gasteiger partial charge is 0.454 e. The summed E-state index contributed by atoms with van der Waals surface area (Å²) in [6, 6.07) is 16.5. The van der Waals surface area contributed by atoms with Gasteiger partial charge in [-0.25, -0.2) is 12.8 Å². The predicted molar refractivity (Wildman–Crippen MR) is 131 cm³/mol. The van der Waals surface area contributed by atoms with Gasteiger partial charge in [0.1, 0.15) is 20.6 Å². The van der Waals surface area contributed by atoms with Crippen molar-refractivity contribution in [3.63, 3.8) is 0 Å². The predicted octanol–water partition coefficient (Wildman–Crippen LogP) is 5.31. The van der Waals surface area contributed by atoms with E-state index in [0.717, 1.165) is 16.9 Å². The number of hydrogen-bond donors (Lipinski definition) is 2. The molecule has 0 radical (unpaired) electrons. The Kier molecular flexibility index (Phi) is 5.70. The number of fused-ring (bicyclic) bond motifs is 1. The number of benzene rings is 3. The number of hydrogen-bond acceptors (Lipinski definition) is 8. The van der Waals surface area contributed by atoms with Crippen molar-refractivity contribution in [1.29, 1.82) is 0 Å². The maximum Gasteiger partial charge on any atom is 0.231 e. The van der Waals surface area contributed by atoms with Gasteiger partial charge >= 0.3 is 0 Å². The maximum absolute atomic E-state index is 13.6. The first-order chi connectivity index (χ1) is 16.7. The molecule has 0 unspecified atom stereocenters. The molecule has 178 valence electrons. The number of carbonyl (C=O) groups is 1. The molecule has 5 rings (SSSR count). The number of nitrogens with one attached hydrogen (secondary N) is 1. The number of ether oxygens (including phenoxy) is 2. The average Bonchev–Trinajstić information content (AvgIpc) is 3.44. The van der Waals surface area contributed by atoms with Gasteiger partial charge in [0, 0.05) is 11.3 Å². The highest BCUT2D eigenvalue weighted by molar-refractivity contribution is 7.92. The summed E-state index contributed by atoms with van der Waals surface area (Å²) in [5.41, 5.74) is 7.78. The zero-order chi connectivity index (χ0) is 24.7. The van der Waals surface area contributed by atoms with Gasteiger partial charge in [0.2, 0.25) is 22.4 Å². The zero-order valence-corrected chi connectivity index (χ0v) is 20.0. The Morgan fingerprint density at radius 2 is 1.69 bits per heavy atom. The Morgan fingerprint density at radius 1 is 1.00 bits per heavy atom. The molecule has 0 fully saturated rings. The third-order valence-electron chi connectivity index (χ3n) is 5.44. The standard InChI is InChI=1S/C25H19FN2O5S2/c1-14-2-9-18(10-3-14)35(30,31)24-21(27)23(34-25(24)28-17-7-5-16(26)6-8-17)22(29)15-4-11-19-20(12-15)33-13-32-19/h2-12,28H,13,27H2,1H3. The molecule has 4 aromatic rings. The molecule has 3 aromatic carbocycles. The number of aryl methyl sites for hydroxylation is 1. The molecule has 1 aromatic heterocycles. The van der Waals surface area contributed by atoms with Crippen LogP contribution in [-0.4, -0.2) is 21.0 Å². The summed E-state index contributed by atoms with van der Waals surface area (Å²) in [6.45, 7) is 1.90. The van der Waals surface area contributed by atoms with E-state index in [2.05, 4.69) is 5.32 Å². The van der Waals surface area contributed by atoms with Crippen molar-refractivity contribution in [3.05, 3.63) is 88.6 Å². The molecule has 0 saturated carbocycles. The van der Waals surface area contributed by atoms with Gasteiger partial charge in [-0.2, -0.15) is 0 Å². The van der Waals surface area contributed by atoms with E-state index in [1.54, 1.807) is 24.3 Å². The van der Waals surface area contributed by atoms with E-state index in [1.165, 1.54) is 42.5 Å². The lowest BCUT2D eigenvalue weighted by Gasteiger charge is -2.10. The number of anilines is 3. The first-order valence-electron chi connectivity index (χ1n) is 10.4. The lowest BCUT2D eigenvalue weighted by atomic mass is 10.1. The number of halogens is 1. The van der Waals surface area contributed by atoms with Gasteiger partial charge in [-0.1, -0.05) is 17.7 Å². The molecule has 2 heterocycles. The van der Waals surface area contributed by atoms with E-state index >= 15 is 0 Å². The van der Waals surface area contributed by atoms with Crippen LogP contribution in [0.15, 0.2) is 76.5 Å². The lowest BCUT2D eigenvalue weighted by Crippen LogP contribution is -2.08. The Hall–Kier alpha value is -3.89. The molecule has 3 N–H and O–H groups in total. The van der Waals surface area contributed by atoms with Crippen LogP contribution in [0.25, 0.3) is 0 Å². The van der Waals surface area contributed by atoms with Crippen LogP contribution in [0.1, 0.15) is 20.8 Å². The van der Waals surface area contributed by atoms with Gasteiger partial charge in [0.15, 0.2) is 11.5 Å². The third kappa shape index (κ3) is 4.22. The number of nitrogens with two attached hydrogens (primary N) is 1. The molecule has 7 nitrogen and oxygen atoms in total. The summed E-state index contributed by atoms with van der Waals surface area (Å²) in [6.07, 6.45) is 0. The average molecular weight is 511 g/mol. The van der Waals surface area contributed by atoms with Crippen LogP contribution in [0.3, 0.4) is 0 Å². The van der Waals surface area contributed by atoms with Gasteiger partial charge in [-0.3, -0.25) is 4.79 Å². The molecular formula is C25H19FN2O5S2. The molecule has 0 saturated heterocycles. The van der Waals surface area contributed by atoms with Crippen molar-refractivity contribution in [2.24, 2.45) is 0 Å². The van der Waals surface area contributed by atoms with Crippen LogP contribution in [0.2, 0.25) is 0 Å². The van der Waals surface area contributed by atoms with Crippen molar-refractivity contribution < 1.29 is 27.1 Å². The minimum Gasteiger partial charge on any atom is -0.454 e. The smallest absolute Gasteiger partial charge is 0.231 e. The van der Waals surface area contributed by atoms with Crippen molar-refractivity contribution >= 4 is 43.3 Å². The molecule has 0 bridgehead atoms. The third-order valence-corrected chi connectivity index (χ3v) is 8.55. The highest BCUT2D eigenvalue weighted by Crippen LogP contribution is 2.44. The minimum atomic E-state index is -4.10. The van der Waals surface area contributed by atoms with Crippen LogP contribution in [-0.2, 0) is 9.84 Å². The molecule has 0 atom stereocenters. The fraction of sp³-hybridized carbons (Fsp3) is 0.0800. The van der Waals surface area contributed by atoms with Gasteiger partial charge in [0.25, 0.3) is 0 Å². The molecule has 1 aliphatic rings. The Labute approximate surface area is 204 Å². The fourth-order valence-corrected chi connectivity index (χ4v) is 6.55. The highest BCUT2D eigenvalue weighted by atomic mass is 32.2. The summed E-state index contributed by atoms with van der Waals surface area (Å²) >= 11 is 0.915. The normalized spacial score (nSPS) is 12.5. The van der Waals surface area contributed by atoms with Crippen LogP contribution in [0.4, 0.5) is 20.8 Å². The number of carbonyl (C=O) groups excluding carboxylic acids is 1. The van der Waals surface area contributed by atoms with Crippen LogP contribution < -0.4 is 20.5 Å². The molecule has 1 aliphatic heterocycles. The first-order valence-corrected chi connectivity index (χ1v) is 12.7. The topological polar surface area (TPSA) is 108 Å². The quantitative estimate of drug-likeness (QED) is 0.338. The van der Waals surface area contributed by atoms with Crippen LogP contribution in [0, 0.1) is 12.7 Å². The van der Waals surface area contributed by atoms with Crippen LogP contribution in [0.5, 0.6) is 11.5 Å². The van der Waals surface area contributed by atoms with E-state index in [4.69, 9.17) is 15.2 Å². The van der Waals surface area contributed by atoms with Crippen molar-refractivity contribution in [1.82, 2.24) is 0 Å². The Bertz CT molecular complexity index is 1550. The lowest BCUT2D eigenvalue weighted by molar-refractivity contribution is 0.104. The van der Waals surface area contributed by atoms with E-state index in [0.29, 0.717) is 17.2 Å². The van der Waals surface area contributed by atoms with Crippen molar-refractivity contribution in [3.8, 4) is 11.5 Å². The first kappa shape index (κ1) is 22.9. The number of ketones is 1. The van der Waals surface area contributed by atoms with Crippen LogP contribution >= 0.6 is 11.3 Å². The number of nitrogen functional groups attached to an aromatic ring is 1. The maximum atomic E-state index is 13.6. The summed E-state index contributed by atoms with van der Waals surface area (Å²) in [4.78, 5) is 13.3. The summed E-state index contributed by atoms with van der Waals surface area (Å²) < 4.78 is 51.3. The van der Waals surface area contributed by atoms with Gasteiger partial charge in [-0.05, 0) is 61.5 Å². The number of thiophene rings is 1. The van der Waals surface area contributed by atoms with Crippen molar-refractivity contribution in [2.45, 2.75) is 16.7 Å². The highest BCUT2D eigenvalue weighted by Gasteiger charge is 2.32. The zero-order valence-electron chi connectivity index (χ0n) is 18.4. The minimum absolute atomic E-state index is 0.0387. The van der Waals surface area contributed by atoms with E-state index in [1.807, 2.05) is 6.92 Å². The second-order valence-electron chi connectivity index (χ2n) is 7.85. The summed E-state index contributed by atoms with van der Waals surface area (Å²) in [5, 5.41) is 3.14. The van der Waals surface area contributed by atoms with E-state index in [9.17, 15) is 17.6 Å². The Morgan fingerprint density at radius 3 is 2.40 bits per heavy atom. The molecular weight excluding hydrogens is 491 g/mol. The van der Waals surface area contributed by atoms with E-state index < -0.39 is 21.4 Å². The molecule has 0 spiro atoms. The SMILES string of the molecule is Cc1ccc(S(=O)(=O)c2c(Nc3ccc(F)cc3)sc(C(=O)c3ccc4c(c3)OCO4)c2N)cc1. The monoisotopic (exact) mass is 510 g/mol. The molecule has 35 heavy (non-hydrogen) atoms. The fourth-order valence-electron chi connectivity index (χ4n) is 3.62. The summed E-state index contributed by atoms with van der Waals surface area (Å²) in [5.74, 6) is 0.0378. The van der Waals surface area contributed by atoms with Gasteiger partial charge < -0.3 is 20.5 Å². The molecule has 10 heteroatoms. The van der Waals surface area contributed by atoms with Gasteiger partial charge in [0.05, 0.1) is 10.6 Å². The second kappa shape index (κ2) is 8.71. The number of rotatable bonds is 6. The number of sulfone groups is 1. The molecule has 0 aliphatic carbocycles. The van der Waals surface area contributed by atoms with Gasteiger partial charge in [-0.15, -0.1) is 11.3 Å². The summed E-state index contributed by atoms with van der Waals surface area (Å²) in [7, 11) is -4.10. The Balaban J connectivity index is 1.63. The van der Waals surface area contributed by atoms with E-state index in [-0.39, 0.29) is 37.7 Å².